The Morgan fingerprint density at radius 3 is 3.00 bits per heavy atom. The van der Waals surface area contributed by atoms with Gasteiger partial charge in [0.2, 0.25) is 0 Å². The first kappa shape index (κ1) is 11.3. The van der Waals surface area contributed by atoms with Crippen molar-refractivity contribution >= 4 is 11.0 Å². The Balaban J connectivity index is 2.14. The molecule has 0 spiro atoms. The third kappa shape index (κ3) is 1.70. The lowest BCUT2D eigenvalue weighted by molar-refractivity contribution is 0.245. The highest BCUT2D eigenvalue weighted by Gasteiger charge is 2.25. The van der Waals surface area contributed by atoms with Crippen LogP contribution in [0.3, 0.4) is 0 Å². The van der Waals surface area contributed by atoms with E-state index in [0.717, 1.165) is 6.42 Å². The summed E-state index contributed by atoms with van der Waals surface area (Å²) in [6.45, 7) is 2.22. The number of rotatable bonds is 1. The van der Waals surface area contributed by atoms with Crippen molar-refractivity contribution in [2.24, 2.45) is 5.92 Å². The summed E-state index contributed by atoms with van der Waals surface area (Å²) in [5.41, 5.74) is 0.351. The Kier molecular flexibility index (Phi) is 2.61. The SMILES string of the molecule is CC1CCCCC1n1ncc2c(O)cc(=O)[nH]c21. The molecule has 0 radical (unpaired) electrons. The molecule has 5 nitrogen and oxygen atoms in total. The fraction of sp³-hybridized carbons (Fsp3) is 0.538. The van der Waals surface area contributed by atoms with Gasteiger partial charge in [0, 0.05) is 6.07 Å². The van der Waals surface area contributed by atoms with Crippen LogP contribution in [-0.2, 0) is 0 Å². The zero-order chi connectivity index (χ0) is 12.7. The molecule has 2 unspecified atom stereocenters. The van der Waals surface area contributed by atoms with E-state index in [0.29, 0.717) is 23.0 Å². The molecule has 2 atom stereocenters. The minimum absolute atomic E-state index is 0.00321. The van der Waals surface area contributed by atoms with E-state index in [1.807, 2.05) is 4.68 Å². The Morgan fingerprint density at radius 2 is 2.22 bits per heavy atom. The maximum absolute atomic E-state index is 11.5. The van der Waals surface area contributed by atoms with Crippen molar-refractivity contribution in [3.05, 3.63) is 22.6 Å². The second-order valence-corrected chi connectivity index (χ2v) is 5.20. The van der Waals surface area contributed by atoms with E-state index in [1.54, 1.807) is 6.20 Å². The van der Waals surface area contributed by atoms with E-state index >= 15 is 0 Å². The Hall–Kier alpha value is -1.78. The minimum atomic E-state index is -0.287. The lowest BCUT2D eigenvalue weighted by Gasteiger charge is -2.29. The summed E-state index contributed by atoms with van der Waals surface area (Å²) in [4.78, 5) is 14.2. The van der Waals surface area contributed by atoms with E-state index < -0.39 is 0 Å². The van der Waals surface area contributed by atoms with Gasteiger partial charge in [-0.2, -0.15) is 5.10 Å². The Labute approximate surface area is 104 Å². The topological polar surface area (TPSA) is 70.9 Å². The smallest absolute Gasteiger partial charge is 0.253 e. The number of pyridine rings is 1. The number of aromatic amines is 1. The van der Waals surface area contributed by atoms with Gasteiger partial charge in [0.1, 0.15) is 11.4 Å². The van der Waals surface area contributed by atoms with Crippen molar-refractivity contribution in [1.29, 1.82) is 0 Å². The molecule has 1 aliphatic rings. The zero-order valence-electron chi connectivity index (χ0n) is 10.4. The molecule has 1 saturated carbocycles. The molecule has 0 aromatic carbocycles. The highest BCUT2D eigenvalue weighted by Crippen LogP contribution is 2.35. The highest BCUT2D eigenvalue weighted by molar-refractivity contribution is 5.81. The van der Waals surface area contributed by atoms with Gasteiger partial charge in [-0.05, 0) is 18.8 Å². The van der Waals surface area contributed by atoms with Crippen LogP contribution < -0.4 is 5.56 Å². The van der Waals surface area contributed by atoms with Gasteiger partial charge in [-0.3, -0.25) is 4.79 Å². The van der Waals surface area contributed by atoms with Crippen molar-refractivity contribution < 1.29 is 5.11 Å². The number of nitrogens with one attached hydrogen (secondary N) is 1. The molecule has 2 aromatic heterocycles. The number of hydrogen-bond acceptors (Lipinski definition) is 3. The normalized spacial score (nSPS) is 24.5. The molecular weight excluding hydrogens is 230 g/mol. The fourth-order valence-corrected chi connectivity index (χ4v) is 2.94. The molecule has 0 amide bonds. The van der Waals surface area contributed by atoms with Crippen LogP contribution in [0.4, 0.5) is 0 Å². The third-order valence-electron chi connectivity index (χ3n) is 3.96. The van der Waals surface area contributed by atoms with E-state index in [4.69, 9.17) is 0 Å². The van der Waals surface area contributed by atoms with Crippen molar-refractivity contribution in [3.63, 3.8) is 0 Å². The van der Waals surface area contributed by atoms with Crippen LogP contribution in [0.2, 0.25) is 0 Å². The van der Waals surface area contributed by atoms with Gasteiger partial charge in [0.25, 0.3) is 5.56 Å². The van der Waals surface area contributed by atoms with Gasteiger partial charge in [0.05, 0.1) is 17.6 Å². The van der Waals surface area contributed by atoms with Gasteiger partial charge >= 0.3 is 0 Å². The van der Waals surface area contributed by atoms with Crippen LogP contribution in [0, 0.1) is 5.92 Å². The second kappa shape index (κ2) is 4.15. The van der Waals surface area contributed by atoms with Gasteiger partial charge in [0.15, 0.2) is 0 Å². The molecule has 96 valence electrons. The monoisotopic (exact) mass is 247 g/mol. The first-order chi connectivity index (χ1) is 8.66. The van der Waals surface area contributed by atoms with Crippen LogP contribution >= 0.6 is 0 Å². The van der Waals surface area contributed by atoms with Crippen molar-refractivity contribution in [3.8, 4) is 5.75 Å². The zero-order valence-corrected chi connectivity index (χ0v) is 10.4. The number of aromatic nitrogens is 3. The van der Waals surface area contributed by atoms with Crippen LogP contribution in [0.15, 0.2) is 17.1 Å². The first-order valence-corrected chi connectivity index (χ1v) is 6.46. The molecule has 3 rings (SSSR count). The molecule has 0 aliphatic heterocycles. The van der Waals surface area contributed by atoms with Gasteiger partial charge in [-0.25, -0.2) is 4.68 Å². The summed E-state index contributed by atoms with van der Waals surface area (Å²) in [6.07, 6.45) is 6.35. The lowest BCUT2D eigenvalue weighted by Crippen LogP contribution is -2.23. The second-order valence-electron chi connectivity index (χ2n) is 5.20. The van der Waals surface area contributed by atoms with Gasteiger partial charge in [-0.1, -0.05) is 19.8 Å². The van der Waals surface area contributed by atoms with E-state index in [1.165, 1.54) is 25.3 Å². The predicted octanol–water partition coefficient (Wildman–Crippen LogP) is 2.18. The summed E-state index contributed by atoms with van der Waals surface area (Å²) >= 11 is 0. The molecular formula is C13H17N3O2. The number of hydrogen-bond donors (Lipinski definition) is 2. The van der Waals surface area contributed by atoms with E-state index in [-0.39, 0.29) is 11.3 Å². The molecule has 18 heavy (non-hydrogen) atoms. The Morgan fingerprint density at radius 1 is 1.44 bits per heavy atom. The molecule has 1 fully saturated rings. The van der Waals surface area contributed by atoms with E-state index in [9.17, 15) is 9.90 Å². The maximum Gasteiger partial charge on any atom is 0.253 e. The minimum Gasteiger partial charge on any atom is -0.507 e. The molecule has 2 heterocycles. The van der Waals surface area contributed by atoms with Crippen molar-refractivity contribution in [1.82, 2.24) is 14.8 Å². The number of aromatic hydroxyl groups is 1. The first-order valence-electron chi connectivity index (χ1n) is 6.46. The number of H-pyrrole nitrogens is 1. The molecule has 0 saturated heterocycles. The van der Waals surface area contributed by atoms with Gasteiger partial charge in [-0.15, -0.1) is 0 Å². The molecule has 2 aromatic rings. The largest absolute Gasteiger partial charge is 0.507 e. The fourth-order valence-electron chi connectivity index (χ4n) is 2.94. The quantitative estimate of drug-likeness (QED) is 0.811. The average molecular weight is 247 g/mol. The predicted molar refractivity (Wildman–Crippen MR) is 68.7 cm³/mol. The van der Waals surface area contributed by atoms with Crippen molar-refractivity contribution in [2.75, 3.05) is 0 Å². The summed E-state index contributed by atoms with van der Waals surface area (Å²) in [5, 5.41) is 14.7. The summed E-state index contributed by atoms with van der Waals surface area (Å²) in [5.74, 6) is 0.552. The lowest BCUT2D eigenvalue weighted by atomic mass is 9.86. The van der Waals surface area contributed by atoms with Crippen molar-refractivity contribution in [2.45, 2.75) is 38.6 Å². The van der Waals surface area contributed by atoms with E-state index in [2.05, 4.69) is 17.0 Å². The summed E-state index contributed by atoms with van der Waals surface area (Å²) in [7, 11) is 0. The Bertz CT molecular complexity index is 629. The molecule has 1 aliphatic carbocycles. The molecule has 2 N–H and O–H groups in total. The van der Waals surface area contributed by atoms with Crippen LogP contribution in [-0.4, -0.2) is 19.9 Å². The number of nitrogens with zero attached hydrogens (tertiary/aromatic N) is 2. The molecule has 0 bridgehead atoms. The standard InChI is InChI=1S/C13H17N3O2/c1-8-4-2-3-5-10(8)16-13-9(7-14-16)11(17)6-12(18)15-13/h6-8,10H,2-5H2,1H3,(H2,15,17,18). The third-order valence-corrected chi connectivity index (χ3v) is 3.96. The van der Waals surface area contributed by atoms with Crippen LogP contribution in [0.1, 0.15) is 38.6 Å². The summed E-state index contributed by atoms with van der Waals surface area (Å²) < 4.78 is 1.88. The highest BCUT2D eigenvalue weighted by atomic mass is 16.3. The maximum atomic E-state index is 11.5. The van der Waals surface area contributed by atoms with Crippen LogP contribution in [0.5, 0.6) is 5.75 Å². The molecule has 5 heteroatoms. The van der Waals surface area contributed by atoms with Gasteiger partial charge < -0.3 is 10.1 Å². The summed E-state index contributed by atoms with van der Waals surface area (Å²) in [6, 6.07) is 1.51. The number of fused-ring (bicyclic) bond motifs is 1. The van der Waals surface area contributed by atoms with Crippen LogP contribution in [0.25, 0.3) is 11.0 Å². The average Bonchev–Trinajstić information content (AvgIpc) is 2.73.